The molecule has 0 heterocycles. The molecule has 6 heteroatoms. The third-order valence-electron chi connectivity index (χ3n) is 0. The van der Waals surface area contributed by atoms with Crippen molar-refractivity contribution >= 4 is 28.9 Å². The number of halogens is 1. The van der Waals surface area contributed by atoms with Gasteiger partial charge in [-0.2, -0.15) is 0 Å². The Morgan fingerprint density at radius 2 is 1.00 bits per heavy atom. The fourth-order valence-corrected chi connectivity index (χ4v) is 0. The van der Waals surface area contributed by atoms with Crippen LogP contribution in [-0.4, -0.2) is 11.9 Å². The molecule has 0 aliphatic heterocycles. The normalized spacial score (nSPS) is 5.00. The van der Waals surface area contributed by atoms with Crippen LogP contribution in [0.25, 0.3) is 0 Å². The van der Waals surface area contributed by atoms with Crippen LogP contribution in [0.2, 0.25) is 0 Å². The molecule has 0 rings (SSSR count). The van der Waals surface area contributed by atoms with Gasteiger partial charge in [0.2, 0.25) is 0 Å². The molecule has 0 aromatic carbocycles. The number of carboxylic acid groups (broad SMARTS) is 2. The van der Waals surface area contributed by atoms with Gasteiger partial charge in [-0.25, -0.2) is 0 Å². The fourth-order valence-electron chi connectivity index (χ4n) is 0. The number of carbonyl (C=O) groups is 2. The summed E-state index contributed by atoms with van der Waals surface area (Å²) in [6.45, 7) is 1.94. The second-order valence-corrected chi connectivity index (χ2v) is 0.983. The topological polar surface area (TPSA) is 80.3 Å². The zero-order valence-corrected chi connectivity index (χ0v) is 8.31. The molecule has 0 aliphatic carbocycles. The van der Waals surface area contributed by atoms with E-state index in [9.17, 15) is 0 Å². The summed E-state index contributed by atoms with van der Waals surface area (Å²) in [6.07, 6.45) is 0. The number of rotatable bonds is 0. The third kappa shape index (κ3) is 104000. The van der Waals surface area contributed by atoms with Crippen LogP contribution in [0.3, 0.4) is 0 Å². The van der Waals surface area contributed by atoms with Crippen molar-refractivity contribution in [3.05, 3.63) is 0 Å². The van der Waals surface area contributed by atoms with E-state index >= 15 is 0 Å². The first-order valence-corrected chi connectivity index (χ1v) is 1.82. The summed E-state index contributed by atoms with van der Waals surface area (Å²) >= 11 is 0. The van der Waals surface area contributed by atoms with Crippen molar-refractivity contribution in [2.24, 2.45) is 0 Å². The zero-order valence-electron chi connectivity index (χ0n) is 5.42. The van der Waals surface area contributed by atoms with Crippen LogP contribution in [0.4, 0.5) is 0 Å². The van der Waals surface area contributed by atoms with E-state index in [1.807, 2.05) is 0 Å². The van der Waals surface area contributed by atoms with Crippen molar-refractivity contribution in [3.8, 4) is 0 Å². The Bertz CT molecular complexity index is 75.3. The van der Waals surface area contributed by atoms with Gasteiger partial charge in [0.1, 0.15) is 0 Å². The van der Waals surface area contributed by atoms with Crippen LogP contribution < -0.4 is 10.2 Å². The molecule has 0 aromatic heterocycles. The average molecular weight is 254 g/mol. The largest absolute Gasteiger partial charge is 2.00 e. The molecule has 0 saturated carbocycles. The number of hydrogen-bond donors (Lipinski definition) is 0. The van der Waals surface area contributed by atoms with Gasteiger partial charge in [-0.05, 0) is 13.8 Å². The molecule has 0 saturated heterocycles. The minimum absolute atomic E-state index is 0. The minimum atomic E-state index is -1.08. The molecular formula is C4H7BrMnO4. The van der Waals surface area contributed by atoms with Crippen molar-refractivity contribution in [3.63, 3.8) is 0 Å². The van der Waals surface area contributed by atoms with Gasteiger partial charge in [0, 0.05) is 11.9 Å². The molecule has 10 heavy (non-hydrogen) atoms. The Balaban J connectivity index is -0.0000000300. The van der Waals surface area contributed by atoms with E-state index in [0.717, 1.165) is 13.8 Å². The Morgan fingerprint density at radius 1 is 1.00 bits per heavy atom. The molecule has 0 aromatic rings. The quantitative estimate of drug-likeness (QED) is 0.472. The van der Waals surface area contributed by atoms with E-state index in [2.05, 4.69) is 0 Å². The smallest absolute Gasteiger partial charge is 0.550 e. The molecule has 0 fully saturated rings. The molecule has 61 valence electrons. The first kappa shape index (κ1) is 22.5. The van der Waals surface area contributed by atoms with Crippen LogP contribution >= 0.6 is 17.0 Å². The van der Waals surface area contributed by atoms with E-state index in [1.165, 1.54) is 0 Å². The molecule has 0 bridgehead atoms. The average Bonchev–Trinajstić information content (AvgIpc) is 1.25. The number of aliphatic carboxylic acids is 2. The molecule has 0 atom stereocenters. The van der Waals surface area contributed by atoms with Gasteiger partial charge >= 0.3 is 17.1 Å². The van der Waals surface area contributed by atoms with Crippen LogP contribution in [0.5, 0.6) is 0 Å². The fraction of sp³-hybridized carbons (Fsp3) is 0.500. The van der Waals surface area contributed by atoms with E-state index in [-0.39, 0.29) is 34.1 Å². The predicted octanol–water partition coefficient (Wildman–Crippen LogP) is -1.91. The summed E-state index contributed by atoms with van der Waals surface area (Å²) in [4.78, 5) is 17.8. The predicted molar refractivity (Wildman–Crippen MR) is 31.7 cm³/mol. The Morgan fingerprint density at radius 3 is 1.00 bits per heavy atom. The molecule has 4 nitrogen and oxygen atoms in total. The number of carboxylic acids is 2. The SMILES string of the molecule is Br.CC(=O)[O-].CC(=O)[O-].[Mn+2]. The maximum absolute atomic E-state index is 8.89. The van der Waals surface area contributed by atoms with Gasteiger partial charge < -0.3 is 19.8 Å². The van der Waals surface area contributed by atoms with Gasteiger partial charge in [0.15, 0.2) is 0 Å². The Labute approximate surface area is 79.9 Å². The van der Waals surface area contributed by atoms with Crippen molar-refractivity contribution in [1.82, 2.24) is 0 Å². The van der Waals surface area contributed by atoms with Gasteiger partial charge in [0.25, 0.3) is 0 Å². The molecule has 0 aliphatic rings. The molecule has 1 radical (unpaired) electrons. The summed E-state index contributed by atoms with van der Waals surface area (Å²) < 4.78 is 0. The van der Waals surface area contributed by atoms with Gasteiger partial charge in [-0.3, -0.25) is 0 Å². The van der Waals surface area contributed by atoms with Crippen LogP contribution in [0.1, 0.15) is 13.8 Å². The summed E-state index contributed by atoms with van der Waals surface area (Å²) in [7, 11) is 0. The zero-order chi connectivity index (χ0) is 7.15. The van der Waals surface area contributed by atoms with Gasteiger partial charge in [0.05, 0.1) is 0 Å². The molecule has 0 spiro atoms. The Kier molecular flexibility index (Phi) is 36.0. The van der Waals surface area contributed by atoms with Crippen LogP contribution in [-0.2, 0) is 26.7 Å². The summed E-state index contributed by atoms with van der Waals surface area (Å²) in [6, 6.07) is 0. The van der Waals surface area contributed by atoms with E-state index in [0.29, 0.717) is 0 Å². The summed E-state index contributed by atoms with van der Waals surface area (Å²) in [5.74, 6) is -2.17. The number of carbonyl (C=O) groups excluding carboxylic acids is 2. The molecule has 0 amide bonds. The first-order chi connectivity index (χ1) is 3.46. The van der Waals surface area contributed by atoms with E-state index < -0.39 is 11.9 Å². The summed E-state index contributed by atoms with van der Waals surface area (Å²) in [5.41, 5.74) is 0. The van der Waals surface area contributed by atoms with Gasteiger partial charge in [-0.15, -0.1) is 17.0 Å². The maximum atomic E-state index is 8.89. The van der Waals surface area contributed by atoms with Crippen molar-refractivity contribution in [2.45, 2.75) is 13.8 Å². The number of hydrogen-bond acceptors (Lipinski definition) is 4. The monoisotopic (exact) mass is 253 g/mol. The standard InChI is InChI=1S/2C2H4O2.BrH.Mn/c2*1-2(3)4;;/h2*1H3,(H,3,4);1H;/q;;;+2/p-2. The van der Waals surface area contributed by atoms with Crippen molar-refractivity contribution in [2.75, 3.05) is 0 Å². The Hall–Kier alpha value is -0.0605. The summed E-state index contributed by atoms with van der Waals surface area (Å²) in [5, 5.41) is 17.8. The van der Waals surface area contributed by atoms with E-state index in [1.54, 1.807) is 0 Å². The molecule has 0 unspecified atom stereocenters. The second kappa shape index (κ2) is 16.0. The van der Waals surface area contributed by atoms with Gasteiger partial charge in [-0.1, -0.05) is 0 Å². The van der Waals surface area contributed by atoms with Crippen molar-refractivity contribution in [1.29, 1.82) is 0 Å². The van der Waals surface area contributed by atoms with Crippen LogP contribution in [0.15, 0.2) is 0 Å². The second-order valence-electron chi connectivity index (χ2n) is 0.983. The third-order valence-corrected chi connectivity index (χ3v) is 0. The minimum Gasteiger partial charge on any atom is -0.550 e. The van der Waals surface area contributed by atoms with E-state index in [4.69, 9.17) is 19.8 Å². The first-order valence-electron chi connectivity index (χ1n) is 1.82. The molecular weight excluding hydrogens is 247 g/mol. The van der Waals surface area contributed by atoms with Crippen molar-refractivity contribution < 1.29 is 36.9 Å². The van der Waals surface area contributed by atoms with Crippen LogP contribution in [0, 0.1) is 0 Å². The molecule has 0 N–H and O–H groups in total. The maximum Gasteiger partial charge on any atom is 2.00 e.